The van der Waals surface area contributed by atoms with E-state index in [1.165, 1.54) is 36.3 Å². The highest BCUT2D eigenvalue weighted by atomic mass is 35.5. The molecule has 0 bridgehead atoms. The molecule has 0 aliphatic carbocycles. The number of amides is 1. The molecule has 0 N–H and O–H groups in total. The van der Waals surface area contributed by atoms with Crippen LogP contribution in [0.25, 0.3) is 0 Å². The second-order valence-corrected chi connectivity index (χ2v) is 5.06. The summed E-state index contributed by atoms with van der Waals surface area (Å²) in [4.78, 5) is 17.1. The molecule has 1 aromatic heterocycles. The molecule has 0 unspecified atom stereocenters. The van der Waals surface area contributed by atoms with Gasteiger partial charge in [-0.2, -0.15) is 8.78 Å². The van der Waals surface area contributed by atoms with Gasteiger partial charge in [0.1, 0.15) is 11.6 Å². The van der Waals surface area contributed by atoms with Crippen LogP contribution in [0.5, 0.6) is 0 Å². The van der Waals surface area contributed by atoms with Crippen LogP contribution >= 0.6 is 11.6 Å². The number of carbonyl (C=O) groups is 1. The van der Waals surface area contributed by atoms with Crippen molar-refractivity contribution in [1.29, 1.82) is 0 Å². The van der Waals surface area contributed by atoms with Crippen molar-refractivity contribution < 1.29 is 18.0 Å². The van der Waals surface area contributed by atoms with Crippen molar-refractivity contribution in [3.05, 3.63) is 52.8 Å². The Balaban J connectivity index is 2.08. The van der Waals surface area contributed by atoms with Crippen LogP contribution in [0.1, 0.15) is 17.9 Å². The van der Waals surface area contributed by atoms with E-state index in [1.54, 1.807) is 0 Å². The maximum atomic E-state index is 13.7. The Morgan fingerprint density at radius 2 is 2.18 bits per heavy atom. The molecule has 118 valence electrons. The van der Waals surface area contributed by atoms with Gasteiger partial charge in [0.15, 0.2) is 0 Å². The lowest BCUT2D eigenvalue weighted by Crippen LogP contribution is -2.29. The number of imidazole rings is 1. The predicted octanol–water partition coefficient (Wildman–Crippen LogP) is 3.27. The van der Waals surface area contributed by atoms with Crippen LogP contribution in [0.15, 0.2) is 30.6 Å². The number of rotatable bonds is 5. The fourth-order valence-electron chi connectivity index (χ4n) is 1.93. The number of aromatic nitrogens is 2. The first kappa shape index (κ1) is 16.4. The van der Waals surface area contributed by atoms with Crippen molar-refractivity contribution in [3.8, 4) is 0 Å². The minimum Gasteiger partial charge on any atom is -0.338 e. The van der Waals surface area contributed by atoms with Gasteiger partial charge < -0.3 is 4.90 Å². The molecule has 2 aromatic rings. The van der Waals surface area contributed by atoms with E-state index in [2.05, 4.69) is 4.98 Å². The summed E-state index contributed by atoms with van der Waals surface area (Å²) < 4.78 is 39.8. The lowest BCUT2D eigenvalue weighted by Gasteiger charge is -2.18. The Labute approximate surface area is 130 Å². The van der Waals surface area contributed by atoms with E-state index in [9.17, 15) is 18.0 Å². The van der Waals surface area contributed by atoms with Crippen LogP contribution in [0, 0.1) is 5.82 Å². The Bertz CT molecular complexity index is 655. The third-order valence-corrected chi connectivity index (χ3v) is 3.51. The number of alkyl halides is 2. The van der Waals surface area contributed by atoms with Gasteiger partial charge in [-0.1, -0.05) is 17.7 Å². The molecule has 0 radical (unpaired) electrons. The summed E-state index contributed by atoms with van der Waals surface area (Å²) in [6.07, 6.45) is 2.11. The van der Waals surface area contributed by atoms with Gasteiger partial charge in [-0.25, -0.2) is 9.37 Å². The van der Waals surface area contributed by atoms with Gasteiger partial charge in [-0.15, -0.1) is 0 Å². The molecule has 4 nitrogen and oxygen atoms in total. The molecular weight excluding hydrogens is 319 g/mol. The lowest BCUT2D eigenvalue weighted by molar-refractivity contribution is -0.130. The summed E-state index contributed by atoms with van der Waals surface area (Å²) in [6, 6.07) is 4.13. The topological polar surface area (TPSA) is 38.1 Å². The molecule has 0 saturated carbocycles. The Morgan fingerprint density at radius 1 is 1.45 bits per heavy atom. The normalized spacial score (nSPS) is 11.0. The van der Waals surface area contributed by atoms with Crippen LogP contribution in [0.3, 0.4) is 0 Å². The lowest BCUT2D eigenvalue weighted by atomic mass is 10.1. The number of hydrogen-bond donors (Lipinski definition) is 0. The van der Waals surface area contributed by atoms with Crippen molar-refractivity contribution in [3.63, 3.8) is 0 Å². The highest BCUT2D eigenvalue weighted by Gasteiger charge is 2.18. The first-order valence-corrected chi connectivity index (χ1v) is 6.74. The molecule has 0 aliphatic rings. The SMILES string of the molecule is CN(Cc1nccn1C(F)F)C(=O)Cc1c(F)cccc1Cl. The van der Waals surface area contributed by atoms with E-state index >= 15 is 0 Å². The van der Waals surface area contributed by atoms with E-state index in [-0.39, 0.29) is 29.4 Å². The first-order valence-electron chi connectivity index (χ1n) is 6.37. The summed E-state index contributed by atoms with van der Waals surface area (Å²) in [5.41, 5.74) is 0.0817. The number of nitrogens with zero attached hydrogens (tertiary/aromatic N) is 3. The largest absolute Gasteiger partial charge is 0.338 e. The summed E-state index contributed by atoms with van der Waals surface area (Å²) >= 11 is 5.86. The Morgan fingerprint density at radius 3 is 2.82 bits per heavy atom. The molecule has 0 spiro atoms. The van der Waals surface area contributed by atoms with Gasteiger partial charge in [-0.3, -0.25) is 9.36 Å². The molecule has 0 atom stereocenters. The third kappa shape index (κ3) is 3.59. The summed E-state index contributed by atoms with van der Waals surface area (Å²) in [5.74, 6) is -0.982. The van der Waals surface area contributed by atoms with E-state index in [4.69, 9.17) is 11.6 Å². The number of hydrogen-bond acceptors (Lipinski definition) is 2. The molecule has 2 rings (SSSR count). The zero-order chi connectivity index (χ0) is 16.3. The molecule has 0 saturated heterocycles. The minimum atomic E-state index is -2.73. The summed E-state index contributed by atoms with van der Waals surface area (Å²) in [7, 11) is 1.43. The average molecular weight is 332 g/mol. The molecule has 0 aliphatic heterocycles. The fourth-order valence-corrected chi connectivity index (χ4v) is 2.16. The van der Waals surface area contributed by atoms with Crippen LogP contribution < -0.4 is 0 Å². The van der Waals surface area contributed by atoms with Crippen molar-refractivity contribution in [2.45, 2.75) is 19.5 Å². The maximum Gasteiger partial charge on any atom is 0.319 e. The monoisotopic (exact) mass is 331 g/mol. The van der Waals surface area contributed by atoms with Gasteiger partial charge in [0.25, 0.3) is 0 Å². The molecule has 22 heavy (non-hydrogen) atoms. The van der Waals surface area contributed by atoms with Crippen LogP contribution in [0.2, 0.25) is 5.02 Å². The van der Waals surface area contributed by atoms with Crippen LogP contribution in [0.4, 0.5) is 13.2 Å². The van der Waals surface area contributed by atoms with E-state index < -0.39 is 18.3 Å². The Kier molecular flexibility index (Phi) is 5.07. The van der Waals surface area contributed by atoms with E-state index in [0.29, 0.717) is 4.57 Å². The van der Waals surface area contributed by atoms with Gasteiger partial charge in [0, 0.05) is 30.0 Å². The molecule has 1 amide bonds. The molecule has 8 heteroatoms. The van der Waals surface area contributed by atoms with Crippen LogP contribution in [-0.2, 0) is 17.8 Å². The number of halogens is 4. The number of carbonyl (C=O) groups excluding carboxylic acids is 1. The van der Waals surface area contributed by atoms with Gasteiger partial charge in [0.05, 0.1) is 13.0 Å². The zero-order valence-corrected chi connectivity index (χ0v) is 12.4. The highest BCUT2D eigenvalue weighted by molar-refractivity contribution is 6.31. The molecular formula is C14H13ClF3N3O. The Hall–Kier alpha value is -2.02. The van der Waals surface area contributed by atoms with E-state index in [1.807, 2.05) is 0 Å². The van der Waals surface area contributed by atoms with Gasteiger partial charge in [-0.05, 0) is 12.1 Å². The van der Waals surface area contributed by atoms with Crippen molar-refractivity contribution in [1.82, 2.24) is 14.5 Å². The van der Waals surface area contributed by atoms with E-state index in [0.717, 1.165) is 6.20 Å². The highest BCUT2D eigenvalue weighted by Crippen LogP contribution is 2.20. The number of benzene rings is 1. The standard InChI is InChI=1S/C14H13ClF3N3O/c1-20(8-12-19-5-6-21(12)14(17)18)13(22)7-9-10(15)3-2-4-11(9)16/h2-6,14H,7-8H2,1H3. The molecule has 0 fully saturated rings. The van der Waals surface area contributed by atoms with Crippen molar-refractivity contribution in [2.24, 2.45) is 0 Å². The number of likely N-dealkylation sites (N-methyl/N-ethyl adjacent to an activating group) is 1. The smallest absolute Gasteiger partial charge is 0.319 e. The fraction of sp³-hybridized carbons (Fsp3) is 0.286. The predicted molar refractivity (Wildman–Crippen MR) is 75.1 cm³/mol. The first-order chi connectivity index (χ1) is 10.4. The third-order valence-electron chi connectivity index (χ3n) is 3.15. The molecule has 1 heterocycles. The van der Waals surface area contributed by atoms with Crippen molar-refractivity contribution in [2.75, 3.05) is 7.05 Å². The summed E-state index contributed by atoms with van der Waals surface area (Å²) in [6.45, 7) is -2.84. The van der Waals surface area contributed by atoms with Gasteiger partial charge in [0.2, 0.25) is 5.91 Å². The second kappa shape index (κ2) is 6.83. The van der Waals surface area contributed by atoms with Gasteiger partial charge >= 0.3 is 6.55 Å². The second-order valence-electron chi connectivity index (χ2n) is 4.66. The quantitative estimate of drug-likeness (QED) is 0.843. The van der Waals surface area contributed by atoms with Crippen LogP contribution in [-0.4, -0.2) is 27.4 Å². The zero-order valence-electron chi connectivity index (χ0n) is 11.6. The molecule has 1 aromatic carbocycles. The average Bonchev–Trinajstić information content (AvgIpc) is 2.91. The maximum absolute atomic E-state index is 13.7. The summed E-state index contributed by atoms with van der Waals surface area (Å²) in [5, 5.41) is 0.149. The minimum absolute atomic E-state index is 0.0467. The van der Waals surface area contributed by atoms with Crippen molar-refractivity contribution >= 4 is 17.5 Å².